The first-order valence-corrected chi connectivity index (χ1v) is 9.51. The Labute approximate surface area is 179 Å². The molecule has 0 saturated carbocycles. The number of aromatic nitrogens is 1. The predicted octanol–water partition coefficient (Wildman–Crippen LogP) is 3.84. The molecule has 0 spiro atoms. The van der Waals surface area contributed by atoms with Crippen molar-refractivity contribution in [1.29, 1.82) is 0 Å². The molecule has 3 aromatic rings. The minimum atomic E-state index is -0.539. The molecule has 0 atom stereocenters. The number of hydrogen-bond donors (Lipinski definition) is 2. The van der Waals surface area contributed by atoms with Crippen molar-refractivity contribution in [2.45, 2.75) is 13.8 Å². The van der Waals surface area contributed by atoms with E-state index < -0.39 is 11.8 Å². The van der Waals surface area contributed by atoms with Gasteiger partial charge in [-0.25, -0.2) is 0 Å². The van der Waals surface area contributed by atoms with Gasteiger partial charge in [0.2, 0.25) is 0 Å². The number of benzene rings is 2. The maximum atomic E-state index is 12.7. The van der Waals surface area contributed by atoms with E-state index in [-0.39, 0.29) is 10.6 Å². The van der Waals surface area contributed by atoms with Crippen molar-refractivity contribution in [2.75, 3.05) is 14.2 Å². The van der Waals surface area contributed by atoms with Crippen molar-refractivity contribution < 1.29 is 19.1 Å². The first-order valence-electron chi connectivity index (χ1n) is 9.14. The fourth-order valence-electron chi connectivity index (χ4n) is 3.27. The normalized spacial score (nSPS) is 10.4. The zero-order valence-corrected chi connectivity index (χ0v) is 17.8. The van der Waals surface area contributed by atoms with Crippen LogP contribution in [0.15, 0.2) is 48.5 Å². The van der Waals surface area contributed by atoms with E-state index in [1.807, 2.05) is 48.7 Å². The van der Waals surface area contributed by atoms with Gasteiger partial charge < -0.3 is 14.0 Å². The van der Waals surface area contributed by atoms with E-state index in [4.69, 9.17) is 21.1 Å². The second kappa shape index (κ2) is 8.92. The summed E-state index contributed by atoms with van der Waals surface area (Å²) in [5.41, 5.74) is 8.15. The third kappa shape index (κ3) is 4.11. The van der Waals surface area contributed by atoms with Crippen LogP contribution in [0.1, 0.15) is 32.1 Å². The van der Waals surface area contributed by atoms with Gasteiger partial charge in [0.15, 0.2) is 11.5 Å². The fourth-order valence-corrected chi connectivity index (χ4v) is 3.56. The fraction of sp³-hybridized carbons (Fsp3) is 0.182. The number of ether oxygens (including phenoxy) is 2. The summed E-state index contributed by atoms with van der Waals surface area (Å²) in [5.74, 6) is -0.325. The van der Waals surface area contributed by atoms with Gasteiger partial charge in [-0.2, -0.15) is 0 Å². The van der Waals surface area contributed by atoms with Gasteiger partial charge >= 0.3 is 0 Å². The molecule has 3 rings (SSSR count). The molecule has 30 heavy (non-hydrogen) atoms. The Morgan fingerprint density at radius 1 is 0.933 bits per heavy atom. The van der Waals surface area contributed by atoms with E-state index in [0.717, 1.165) is 17.1 Å². The lowest BCUT2D eigenvalue weighted by Crippen LogP contribution is -2.41. The summed E-state index contributed by atoms with van der Waals surface area (Å²) in [6, 6.07) is 14.4. The van der Waals surface area contributed by atoms with Gasteiger partial charge in [0.05, 0.1) is 24.8 Å². The Balaban J connectivity index is 1.77. The second-order valence-corrected chi connectivity index (χ2v) is 6.96. The quantitative estimate of drug-likeness (QED) is 0.606. The first-order chi connectivity index (χ1) is 14.4. The molecule has 0 unspecified atom stereocenters. The van der Waals surface area contributed by atoms with E-state index in [0.29, 0.717) is 17.1 Å². The summed E-state index contributed by atoms with van der Waals surface area (Å²) < 4.78 is 12.3. The number of rotatable bonds is 5. The highest BCUT2D eigenvalue weighted by Crippen LogP contribution is 2.35. The summed E-state index contributed by atoms with van der Waals surface area (Å²) in [4.78, 5) is 25.2. The van der Waals surface area contributed by atoms with Crippen LogP contribution >= 0.6 is 11.6 Å². The smallest absolute Gasteiger partial charge is 0.271 e. The van der Waals surface area contributed by atoms with Crippen molar-refractivity contribution in [1.82, 2.24) is 15.4 Å². The highest BCUT2D eigenvalue weighted by Gasteiger charge is 2.19. The Morgan fingerprint density at radius 2 is 1.60 bits per heavy atom. The molecule has 0 fully saturated rings. The van der Waals surface area contributed by atoms with Crippen LogP contribution < -0.4 is 20.3 Å². The maximum absolute atomic E-state index is 12.7. The monoisotopic (exact) mass is 427 g/mol. The molecule has 1 aromatic heterocycles. The number of carbonyl (C=O) groups is 2. The summed E-state index contributed by atoms with van der Waals surface area (Å²) in [7, 11) is 2.90. The molecule has 8 heteroatoms. The SMILES string of the molecule is COc1cc(C(=O)NNC(=O)c2cc(C)n(-c3ccccc3)c2C)cc(Cl)c1OC. The van der Waals surface area contributed by atoms with E-state index >= 15 is 0 Å². The number of carbonyl (C=O) groups excluding carboxylic acids is 2. The van der Waals surface area contributed by atoms with E-state index in [9.17, 15) is 9.59 Å². The third-order valence-corrected chi connectivity index (χ3v) is 4.96. The number of hydrazine groups is 1. The Bertz CT molecular complexity index is 1090. The number of nitrogens with zero attached hydrogens (tertiary/aromatic N) is 1. The molecule has 0 aliphatic heterocycles. The van der Waals surface area contributed by atoms with Crippen LogP contribution in [0.3, 0.4) is 0 Å². The number of methoxy groups -OCH3 is 2. The number of nitrogens with one attached hydrogen (secondary N) is 2. The average molecular weight is 428 g/mol. The maximum Gasteiger partial charge on any atom is 0.271 e. The molecule has 7 nitrogen and oxygen atoms in total. The van der Waals surface area contributed by atoms with Gasteiger partial charge in [-0.1, -0.05) is 29.8 Å². The predicted molar refractivity (Wildman–Crippen MR) is 115 cm³/mol. The number of para-hydroxylation sites is 1. The van der Waals surface area contributed by atoms with Crippen molar-refractivity contribution in [2.24, 2.45) is 0 Å². The lowest BCUT2D eigenvalue weighted by Gasteiger charge is -2.12. The summed E-state index contributed by atoms with van der Waals surface area (Å²) >= 11 is 6.14. The topological polar surface area (TPSA) is 81.6 Å². The lowest BCUT2D eigenvalue weighted by atomic mass is 10.2. The van der Waals surface area contributed by atoms with Gasteiger partial charge in [0, 0.05) is 22.6 Å². The molecular weight excluding hydrogens is 406 g/mol. The number of amides is 2. The van der Waals surface area contributed by atoms with Crippen LogP contribution in [0.5, 0.6) is 11.5 Å². The summed E-state index contributed by atoms with van der Waals surface area (Å²) in [5, 5.41) is 0.222. The van der Waals surface area contributed by atoms with Gasteiger partial charge in [-0.15, -0.1) is 0 Å². The Morgan fingerprint density at radius 3 is 2.23 bits per heavy atom. The van der Waals surface area contributed by atoms with Crippen LogP contribution in [0.25, 0.3) is 5.69 Å². The van der Waals surface area contributed by atoms with Crippen LogP contribution in [-0.2, 0) is 0 Å². The molecule has 0 saturated heterocycles. The van der Waals surface area contributed by atoms with Crippen LogP contribution in [-0.4, -0.2) is 30.6 Å². The summed E-state index contributed by atoms with van der Waals surface area (Å²) in [6.45, 7) is 3.77. The van der Waals surface area contributed by atoms with Gasteiger partial charge in [-0.3, -0.25) is 20.4 Å². The van der Waals surface area contributed by atoms with Crippen LogP contribution in [0, 0.1) is 13.8 Å². The average Bonchev–Trinajstić information content (AvgIpc) is 3.05. The molecular formula is C22H22ClN3O4. The molecule has 0 aliphatic carbocycles. The minimum Gasteiger partial charge on any atom is -0.493 e. The molecule has 2 aromatic carbocycles. The van der Waals surface area contributed by atoms with E-state index in [1.165, 1.54) is 26.4 Å². The zero-order valence-electron chi connectivity index (χ0n) is 17.1. The lowest BCUT2D eigenvalue weighted by molar-refractivity contribution is 0.0846. The molecule has 1 heterocycles. The molecule has 156 valence electrons. The van der Waals surface area contributed by atoms with Crippen LogP contribution in [0.4, 0.5) is 0 Å². The van der Waals surface area contributed by atoms with E-state index in [1.54, 1.807) is 6.07 Å². The summed E-state index contributed by atoms with van der Waals surface area (Å²) in [6.07, 6.45) is 0. The molecule has 0 bridgehead atoms. The van der Waals surface area contributed by atoms with Gasteiger partial charge in [0.1, 0.15) is 0 Å². The Kier molecular flexibility index (Phi) is 6.32. The Hall–Kier alpha value is -3.45. The largest absolute Gasteiger partial charge is 0.493 e. The van der Waals surface area contributed by atoms with Crippen molar-refractivity contribution in [3.8, 4) is 17.2 Å². The molecule has 0 aliphatic rings. The highest BCUT2D eigenvalue weighted by molar-refractivity contribution is 6.32. The molecule has 2 amide bonds. The number of aryl methyl sites for hydroxylation is 1. The standard InChI is InChI=1S/C22H22ClN3O4/c1-13-10-17(14(2)26(13)16-8-6-5-7-9-16)22(28)25-24-21(27)15-11-18(23)20(30-4)19(12-15)29-3/h5-12H,1-4H3,(H,24,27)(H,25,28). The highest BCUT2D eigenvalue weighted by atomic mass is 35.5. The zero-order chi connectivity index (χ0) is 21.8. The first kappa shape index (κ1) is 21.3. The van der Waals surface area contributed by atoms with Crippen molar-refractivity contribution in [3.63, 3.8) is 0 Å². The van der Waals surface area contributed by atoms with E-state index in [2.05, 4.69) is 10.9 Å². The minimum absolute atomic E-state index is 0.215. The van der Waals surface area contributed by atoms with Gasteiger partial charge in [-0.05, 0) is 44.2 Å². The van der Waals surface area contributed by atoms with Crippen molar-refractivity contribution >= 4 is 23.4 Å². The number of halogens is 1. The third-order valence-electron chi connectivity index (χ3n) is 4.68. The van der Waals surface area contributed by atoms with Gasteiger partial charge in [0.25, 0.3) is 11.8 Å². The second-order valence-electron chi connectivity index (χ2n) is 6.56. The molecule has 0 radical (unpaired) electrons. The van der Waals surface area contributed by atoms with Crippen molar-refractivity contribution in [3.05, 3.63) is 76.1 Å². The number of hydrogen-bond acceptors (Lipinski definition) is 4. The molecule has 2 N–H and O–H groups in total. The van der Waals surface area contributed by atoms with Crippen LogP contribution in [0.2, 0.25) is 5.02 Å².